The van der Waals surface area contributed by atoms with Gasteiger partial charge in [0.15, 0.2) is 12.6 Å². The van der Waals surface area contributed by atoms with Crippen LogP contribution >= 0.6 is 0 Å². The Bertz CT molecular complexity index is 138. The molecule has 4 heteroatoms. The van der Waals surface area contributed by atoms with Crippen molar-refractivity contribution in [3.8, 4) is 0 Å². The van der Waals surface area contributed by atoms with Crippen LogP contribution in [-0.4, -0.2) is 36.5 Å². The second-order valence-corrected chi connectivity index (χ2v) is 2.57. The van der Waals surface area contributed by atoms with Crippen LogP contribution in [0.5, 0.6) is 0 Å². The molecule has 58 valence electrons. The van der Waals surface area contributed by atoms with Gasteiger partial charge in [0.1, 0.15) is 12.2 Å². The largest absolute Gasteiger partial charge is 0.366 e. The molecule has 2 aliphatic heterocycles. The Labute approximate surface area is 58.7 Å². The van der Waals surface area contributed by atoms with Crippen LogP contribution in [0.1, 0.15) is 6.92 Å². The lowest BCUT2D eigenvalue weighted by atomic mass is 10.2. The van der Waals surface area contributed by atoms with Gasteiger partial charge < -0.3 is 19.3 Å². The number of aliphatic hydroxyl groups is 1. The summed E-state index contributed by atoms with van der Waals surface area (Å²) in [5, 5.41) is 9.09. The maximum Gasteiger partial charge on any atom is 0.184 e. The smallest absolute Gasteiger partial charge is 0.184 e. The van der Waals surface area contributed by atoms with Gasteiger partial charge in [-0.25, -0.2) is 0 Å². The molecule has 2 rings (SSSR count). The summed E-state index contributed by atoms with van der Waals surface area (Å²) in [5.74, 6) is 0. The SMILES string of the molecule is CC1O[C@H]2[C@H](O)OC[C@H]2O1. The Morgan fingerprint density at radius 3 is 2.90 bits per heavy atom. The third-order valence-electron chi connectivity index (χ3n) is 1.79. The first kappa shape index (κ1) is 6.54. The summed E-state index contributed by atoms with van der Waals surface area (Å²) in [6.07, 6.45) is -1.33. The van der Waals surface area contributed by atoms with E-state index in [1.54, 1.807) is 0 Å². The molecule has 2 saturated heterocycles. The van der Waals surface area contributed by atoms with E-state index in [1.807, 2.05) is 6.92 Å². The maximum absolute atomic E-state index is 9.09. The Hall–Kier alpha value is -0.160. The molecule has 0 aromatic heterocycles. The highest BCUT2D eigenvalue weighted by molar-refractivity contribution is 4.83. The second-order valence-electron chi connectivity index (χ2n) is 2.57. The zero-order valence-corrected chi connectivity index (χ0v) is 5.69. The van der Waals surface area contributed by atoms with Crippen LogP contribution in [0.3, 0.4) is 0 Å². The van der Waals surface area contributed by atoms with E-state index >= 15 is 0 Å². The molecule has 2 aliphatic rings. The molecule has 0 aromatic rings. The van der Waals surface area contributed by atoms with E-state index in [4.69, 9.17) is 19.3 Å². The van der Waals surface area contributed by atoms with Gasteiger partial charge in [0.2, 0.25) is 0 Å². The molecule has 1 unspecified atom stereocenters. The van der Waals surface area contributed by atoms with Crippen molar-refractivity contribution in [1.29, 1.82) is 0 Å². The normalized spacial score (nSPS) is 53.4. The third kappa shape index (κ3) is 0.845. The van der Waals surface area contributed by atoms with Crippen molar-refractivity contribution in [1.82, 2.24) is 0 Å². The number of hydrogen-bond donors (Lipinski definition) is 1. The third-order valence-corrected chi connectivity index (χ3v) is 1.79. The molecule has 0 amide bonds. The first-order valence-corrected chi connectivity index (χ1v) is 3.38. The fourth-order valence-corrected chi connectivity index (χ4v) is 1.34. The highest BCUT2D eigenvalue weighted by Gasteiger charge is 2.44. The predicted octanol–water partition coefficient (Wildman–Crippen LogP) is -0.535. The Balaban J connectivity index is 2.05. The van der Waals surface area contributed by atoms with Crippen LogP contribution in [0.4, 0.5) is 0 Å². The summed E-state index contributed by atoms with van der Waals surface area (Å²) < 4.78 is 15.3. The van der Waals surface area contributed by atoms with Crippen molar-refractivity contribution in [2.24, 2.45) is 0 Å². The maximum atomic E-state index is 9.09. The molecule has 2 fully saturated rings. The molecule has 0 spiro atoms. The van der Waals surface area contributed by atoms with Crippen LogP contribution in [0.15, 0.2) is 0 Å². The van der Waals surface area contributed by atoms with Crippen molar-refractivity contribution in [3.63, 3.8) is 0 Å². The standard InChI is InChI=1S/C6H10O4/c1-3-9-4-2-8-6(7)5(4)10-3/h3-7H,2H2,1H3/t3?,4-,5-,6-/m1/s1. The summed E-state index contributed by atoms with van der Waals surface area (Å²) in [4.78, 5) is 0. The summed E-state index contributed by atoms with van der Waals surface area (Å²) in [6, 6.07) is 0. The summed E-state index contributed by atoms with van der Waals surface area (Å²) in [7, 11) is 0. The van der Waals surface area contributed by atoms with Crippen molar-refractivity contribution in [2.45, 2.75) is 31.7 Å². The summed E-state index contributed by atoms with van der Waals surface area (Å²) in [5.41, 5.74) is 0. The molecule has 10 heavy (non-hydrogen) atoms. The van der Waals surface area contributed by atoms with Crippen LogP contribution in [-0.2, 0) is 14.2 Å². The molecule has 0 aliphatic carbocycles. The van der Waals surface area contributed by atoms with Gasteiger partial charge >= 0.3 is 0 Å². The number of ether oxygens (including phenoxy) is 3. The molecule has 0 radical (unpaired) electrons. The lowest BCUT2D eigenvalue weighted by molar-refractivity contribution is -0.158. The molecular formula is C6H10O4. The van der Waals surface area contributed by atoms with E-state index in [0.29, 0.717) is 6.61 Å². The molecule has 2 heterocycles. The second kappa shape index (κ2) is 2.17. The van der Waals surface area contributed by atoms with Gasteiger partial charge in [-0.15, -0.1) is 0 Å². The minimum Gasteiger partial charge on any atom is -0.366 e. The van der Waals surface area contributed by atoms with Crippen molar-refractivity contribution in [3.05, 3.63) is 0 Å². The topological polar surface area (TPSA) is 47.9 Å². The minimum atomic E-state index is -0.796. The quantitative estimate of drug-likeness (QED) is 0.499. The lowest BCUT2D eigenvalue weighted by Gasteiger charge is -2.09. The summed E-state index contributed by atoms with van der Waals surface area (Å²) >= 11 is 0. The highest BCUT2D eigenvalue weighted by Crippen LogP contribution is 2.27. The number of hydrogen-bond acceptors (Lipinski definition) is 4. The number of rotatable bonds is 0. The average Bonchev–Trinajstić information content (AvgIpc) is 2.35. The number of aliphatic hydroxyl groups excluding tert-OH is 1. The van der Waals surface area contributed by atoms with E-state index in [1.165, 1.54) is 0 Å². The van der Waals surface area contributed by atoms with E-state index in [-0.39, 0.29) is 18.5 Å². The van der Waals surface area contributed by atoms with E-state index in [2.05, 4.69) is 0 Å². The monoisotopic (exact) mass is 146 g/mol. The van der Waals surface area contributed by atoms with Crippen molar-refractivity contribution in [2.75, 3.05) is 6.61 Å². The zero-order valence-electron chi connectivity index (χ0n) is 5.69. The Morgan fingerprint density at radius 2 is 2.20 bits per heavy atom. The van der Waals surface area contributed by atoms with Crippen LogP contribution in [0.25, 0.3) is 0 Å². The van der Waals surface area contributed by atoms with E-state index in [9.17, 15) is 0 Å². The van der Waals surface area contributed by atoms with Gasteiger partial charge in [0, 0.05) is 0 Å². The molecule has 4 atom stereocenters. The van der Waals surface area contributed by atoms with Gasteiger partial charge in [-0.1, -0.05) is 0 Å². The van der Waals surface area contributed by atoms with Crippen LogP contribution < -0.4 is 0 Å². The summed E-state index contributed by atoms with van der Waals surface area (Å²) in [6.45, 7) is 2.25. The van der Waals surface area contributed by atoms with Gasteiger partial charge in [-0.05, 0) is 6.92 Å². The Kier molecular flexibility index (Phi) is 1.42. The molecule has 0 saturated carbocycles. The fourth-order valence-electron chi connectivity index (χ4n) is 1.34. The highest BCUT2D eigenvalue weighted by atomic mass is 16.8. The minimum absolute atomic E-state index is 0.0648. The average molecular weight is 146 g/mol. The molecule has 0 bridgehead atoms. The van der Waals surface area contributed by atoms with Crippen LogP contribution in [0, 0.1) is 0 Å². The fraction of sp³-hybridized carbons (Fsp3) is 1.00. The zero-order chi connectivity index (χ0) is 7.14. The predicted molar refractivity (Wildman–Crippen MR) is 31.2 cm³/mol. The Morgan fingerprint density at radius 1 is 1.40 bits per heavy atom. The first-order chi connectivity index (χ1) is 4.77. The van der Waals surface area contributed by atoms with Gasteiger partial charge in [-0.3, -0.25) is 0 Å². The van der Waals surface area contributed by atoms with Gasteiger partial charge in [0.05, 0.1) is 6.61 Å². The van der Waals surface area contributed by atoms with Gasteiger partial charge in [-0.2, -0.15) is 0 Å². The molecule has 0 aromatic carbocycles. The van der Waals surface area contributed by atoms with Gasteiger partial charge in [0.25, 0.3) is 0 Å². The van der Waals surface area contributed by atoms with Crippen molar-refractivity contribution >= 4 is 0 Å². The van der Waals surface area contributed by atoms with Crippen LogP contribution in [0.2, 0.25) is 0 Å². The first-order valence-electron chi connectivity index (χ1n) is 3.38. The van der Waals surface area contributed by atoms with E-state index in [0.717, 1.165) is 0 Å². The lowest BCUT2D eigenvalue weighted by Crippen LogP contribution is -2.26. The molecular weight excluding hydrogens is 136 g/mol. The molecule has 4 nitrogen and oxygen atoms in total. The number of fused-ring (bicyclic) bond motifs is 1. The molecule has 1 N–H and O–H groups in total. The van der Waals surface area contributed by atoms with Crippen molar-refractivity contribution < 1.29 is 19.3 Å². The van der Waals surface area contributed by atoms with E-state index < -0.39 is 6.29 Å².